The Morgan fingerprint density at radius 3 is 2.69 bits per heavy atom. The number of carbonyl (C=O) groups is 1. The van der Waals surface area contributed by atoms with Gasteiger partial charge in [0.1, 0.15) is 12.4 Å². The van der Waals surface area contributed by atoms with Crippen LogP contribution in [0.25, 0.3) is 0 Å². The summed E-state index contributed by atoms with van der Waals surface area (Å²) in [4.78, 5) is 10.9. The monoisotopic (exact) mass is 224 g/mol. The number of rotatable bonds is 6. The molecule has 1 atom stereocenters. The van der Waals surface area contributed by atoms with Crippen LogP contribution in [0.5, 0.6) is 5.75 Å². The van der Waals surface area contributed by atoms with Gasteiger partial charge in [0.2, 0.25) is 5.91 Å². The number of benzene rings is 1. The number of nitrogens with two attached hydrogens (primary N) is 1. The van der Waals surface area contributed by atoms with Gasteiger partial charge >= 0.3 is 0 Å². The van der Waals surface area contributed by atoms with Crippen molar-refractivity contribution < 1.29 is 14.3 Å². The molecule has 3 N–H and O–H groups in total. The molecule has 0 aliphatic rings. The predicted molar refractivity (Wildman–Crippen MR) is 59.7 cm³/mol. The Labute approximate surface area is 94.5 Å². The molecule has 1 rings (SSSR count). The summed E-state index contributed by atoms with van der Waals surface area (Å²) < 4.78 is 10.5. The Morgan fingerprint density at radius 2 is 2.12 bits per heavy atom. The number of ether oxygens (including phenoxy) is 2. The maximum atomic E-state index is 10.9. The van der Waals surface area contributed by atoms with E-state index in [1.807, 2.05) is 30.3 Å². The molecule has 0 saturated carbocycles. The Morgan fingerprint density at radius 1 is 1.44 bits per heavy atom. The minimum absolute atomic E-state index is 0.0308. The summed E-state index contributed by atoms with van der Waals surface area (Å²) in [6.07, 6.45) is -0.525. The summed E-state index contributed by atoms with van der Waals surface area (Å²) in [5.41, 5.74) is 5.25. The highest BCUT2D eigenvalue weighted by Crippen LogP contribution is 2.08. The van der Waals surface area contributed by atoms with Gasteiger partial charge in [0.25, 0.3) is 0 Å². The topological polar surface area (TPSA) is 73.6 Å². The van der Waals surface area contributed by atoms with Gasteiger partial charge < -0.3 is 20.5 Å². The Balaban J connectivity index is 2.40. The summed E-state index contributed by atoms with van der Waals surface area (Å²) in [6, 6.07) is 9.29. The predicted octanol–water partition coefficient (Wildman–Crippen LogP) is 0.460. The number of para-hydroxylation sites is 1. The van der Waals surface area contributed by atoms with Crippen LogP contribution < -0.4 is 15.8 Å². The van der Waals surface area contributed by atoms with Crippen molar-refractivity contribution >= 4 is 5.91 Å². The molecule has 0 aliphatic carbocycles. The van der Waals surface area contributed by atoms with Crippen LogP contribution in [0.1, 0.15) is 6.92 Å². The lowest BCUT2D eigenvalue weighted by atomic mass is 10.3. The average Bonchev–Trinajstić information content (AvgIpc) is 2.27. The first kappa shape index (κ1) is 12.5. The second-order valence-electron chi connectivity index (χ2n) is 3.15. The SMILES string of the molecule is CC(=O)NC(COc1ccccc1)OCN. The summed E-state index contributed by atoms with van der Waals surface area (Å²) in [6.45, 7) is 1.67. The van der Waals surface area contributed by atoms with Crippen LogP contribution in [0.4, 0.5) is 0 Å². The van der Waals surface area contributed by atoms with Crippen LogP contribution in [-0.2, 0) is 9.53 Å². The van der Waals surface area contributed by atoms with Gasteiger partial charge in [0, 0.05) is 6.92 Å². The second-order valence-corrected chi connectivity index (χ2v) is 3.15. The van der Waals surface area contributed by atoms with Crippen molar-refractivity contribution in [2.45, 2.75) is 13.2 Å². The highest BCUT2D eigenvalue weighted by atomic mass is 16.5. The molecule has 0 aromatic heterocycles. The third-order valence-electron chi connectivity index (χ3n) is 1.81. The average molecular weight is 224 g/mol. The maximum Gasteiger partial charge on any atom is 0.218 e. The van der Waals surface area contributed by atoms with Gasteiger partial charge in [-0.25, -0.2) is 0 Å². The molecule has 5 nitrogen and oxygen atoms in total. The van der Waals surface area contributed by atoms with Crippen molar-refractivity contribution in [2.75, 3.05) is 13.3 Å². The summed E-state index contributed by atoms with van der Waals surface area (Å²) in [5.74, 6) is 0.536. The molecule has 88 valence electrons. The number of carbonyl (C=O) groups excluding carboxylic acids is 1. The fourth-order valence-electron chi connectivity index (χ4n) is 1.16. The van der Waals surface area contributed by atoms with E-state index in [1.165, 1.54) is 6.92 Å². The van der Waals surface area contributed by atoms with Gasteiger partial charge in [-0.3, -0.25) is 4.79 Å². The highest BCUT2D eigenvalue weighted by Gasteiger charge is 2.10. The molecule has 1 unspecified atom stereocenters. The van der Waals surface area contributed by atoms with E-state index >= 15 is 0 Å². The molecule has 5 heteroatoms. The van der Waals surface area contributed by atoms with Crippen molar-refractivity contribution in [2.24, 2.45) is 5.73 Å². The molecule has 1 aromatic rings. The standard InChI is InChI=1S/C11H16N2O3/c1-9(14)13-11(16-8-12)7-15-10-5-3-2-4-6-10/h2-6,11H,7-8,12H2,1H3,(H,13,14). The van der Waals surface area contributed by atoms with Gasteiger partial charge in [0.15, 0.2) is 6.23 Å². The third-order valence-corrected chi connectivity index (χ3v) is 1.81. The van der Waals surface area contributed by atoms with E-state index in [0.717, 1.165) is 5.75 Å². The minimum atomic E-state index is -0.525. The first-order chi connectivity index (χ1) is 7.72. The molecule has 0 spiro atoms. The molecule has 16 heavy (non-hydrogen) atoms. The summed E-state index contributed by atoms with van der Waals surface area (Å²) in [7, 11) is 0. The Bertz CT molecular complexity index is 316. The molecule has 1 aromatic carbocycles. The number of nitrogens with one attached hydrogen (secondary N) is 1. The zero-order valence-electron chi connectivity index (χ0n) is 9.18. The van der Waals surface area contributed by atoms with Crippen LogP contribution in [0, 0.1) is 0 Å². The van der Waals surface area contributed by atoms with E-state index in [0.29, 0.717) is 0 Å². The van der Waals surface area contributed by atoms with Gasteiger partial charge in [-0.15, -0.1) is 0 Å². The molecule has 0 bridgehead atoms. The van der Waals surface area contributed by atoms with Crippen molar-refractivity contribution in [3.8, 4) is 5.75 Å². The first-order valence-electron chi connectivity index (χ1n) is 4.99. The zero-order chi connectivity index (χ0) is 11.8. The molecule has 1 amide bonds. The lowest BCUT2D eigenvalue weighted by Crippen LogP contribution is -2.41. The van der Waals surface area contributed by atoms with Crippen molar-refractivity contribution in [1.82, 2.24) is 5.32 Å². The van der Waals surface area contributed by atoms with E-state index < -0.39 is 6.23 Å². The molecule has 0 saturated heterocycles. The molecule has 0 heterocycles. The zero-order valence-corrected chi connectivity index (χ0v) is 9.18. The fourth-order valence-corrected chi connectivity index (χ4v) is 1.16. The van der Waals surface area contributed by atoms with E-state index in [4.69, 9.17) is 15.2 Å². The smallest absolute Gasteiger partial charge is 0.218 e. The molecule has 0 fully saturated rings. The first-order valence-corrected chi connectivity index (χ1v) is 4.99. The van der Waals surface area contributed by atoms with Crippen LogP contribution in [-0.4, -0.2) is 25.5 Å². The second kappa shape index (κ2) is 6.81. The molecular formula is C11H16N2O3. The van der Waals surface area contributed by atoms with Crippen LogP contribution >= 0.6 is 0 Å². The summed E-state index contributed by atoms with van der Waals surface area (Å²) in [5, 5.41) is 2.58. The van der Waals surface area contributed by atoms with Crippen LogP contribution in [0.2, 0.25) is 0 Å². The Kier molecular flexibility index (Phi) is 5.31. The lowest BCUT2D eigenvalue weighted by Gasteiger charge is -2.17. The van der Waals surface area contributed by atoms with E-state index in [9.17, 15) is 4.79 Å². The molecule has 0 aliphatic heterocycles. The van der Waals surface area contributed by atoms with Gasteiger partial charge in [-0.2, -0.15) is 0 Å². The number of amides is 1. The van der Waals surface area contributed by atoms with E-state index in [-0.39, 0.29) is 19.2 Å². The summed E-state index contributed by atoms with van der Waals surface area (Å²) >= 11 is 0. The minimum Gasteiger partial charge on any atom is -0.489 e. The Hall–Kier alpha value is -1.59. The van der Waals surface area contributed by atoms with Crippen molar-refractivity contribution in [3.05, 3.63) is 30.3 Å². The van der Waals surface area contributed by atoms with Gasteiger partial charge in [0.05, 0.1) is 6.73 Å². The van der Waals surface area contributed by atoms with E-state index in [2.05, 4.69) is 5.32 Å². The third kappa shape index (κ3) is 4.77. The molecule has 0 radical (unpaired) electrons. The number of hydrogen-bond acceptors (Lipinski definition) is 4. The quantitative estimate of drug-likeness (QED) is 0.688. The molecular weight excluding hydrogens is 208 g/mol. The maximum absolute atomic E-state index is 10.9. The van der Waals surface area contributed by atoms with Crippen LogP contribution in [0.3, 0.4) is 0 Å². The van der Waals surface area contributed by atoms with Gasteiger partial charge in [-0.05, 0) is 12.1 Å². The number of hydrogen-bond donors (Lipinski definition) is 2. The van der Waals surface area contributed by atoms with Crippen molar-refractivity contribution in [3.63, 3.8) is 0 Å². The van der Waals surface area contributed by atoms with Crippen molar-refractivity contribution in [1.29, 1.82) is 0 Å². The fraction of sp³-hybridized carbons (Fsp3) is 0.364. The highest BCUT2D eigenvalue weighted by molar-refractivity contribution is 5.73. The largest absolute Gasteiger partial charge is 0.489 e. The normalized spacial score (nSPS) is 11.9. The van der Waals surface area contributed by atoms with E-state index in [1.54, 1.807) is 0 Å². The lowest BCUT2D eigenvalue weighted by molar-refractivity contribution is -0.124. The van der Waals surface area contributed by atoms with Gasteiger partial charge in [-0.1, -0.05) is 18.2 Å². The van der Waals surface area contributed by atoms with Crippen LogP contribution in [0.15, 0.2) is 30.3 Å².